The van der Waals surface area contributed by atoms with Crippen molar-refractivity contribution in [2.45, 2.75) is 33.2 Å². The third kappa shape index (κ3) is 4.05. The largest absolute Gasteiger partial charge is 0.493 e. The van der Waals surface area contributed by atoms with Crippen LogP contribution >= 0.6 is 11.3 Å². The normalized spacial score (nSPS) is 16.8. The van der Waals surface area contributed by atoms with Gasteiger partial charge in [0.05, 0.1) is 17.3 Å². The second kappa shape index (κ2) is 7.20. The van der Waals surface area contributed by atoms with Gasteiger partial charge in [0.25, 0.3) is 0 Å². The predicted molar refractivity (Wildman–Crippen MR) is 89.3 cm³/mol. The maximum absolute atomic E-state index is 5.96. The minimum atomic E-state index is 0.654. The molecule has 22 heavy (non-hydrogen) atoms. The summed E-state index contributed by atoms with van der Waals surface area (Å²) in [5.74, 6) is 1.62. The Hall–Kier alpha value is -1.46. The molecule has 0 N–H and O–H groups in total. The molecule has 0 radical (unpaired) electrons. The Morgan fingerprint density at radius 3 is 2.82 bits per heavy atom. The van der Waals surface area contributed by atoms with E-state index in [0.29, 0.717) is 5.92 Å². The van der Waals surface area contributed by atoms with E-state index in [2.05, 4.69) is 27.2 Å². The van der Waals surface area contributed by atoms with Gasteiger partial charge in [-0.05, 0) is 51.8 Å². The quantitative estimate of drug-likeness (QED) is 0.846. The van der Waals surface area contributed by atoms with Gasteiger partial charge in [0, 0.05) is 29.9 Å². The van der Waals surface area contributed by atoms with Gasteiger partial charge in [0.1, 0.15) is 5.75 Å². The van der Waals surface area contributed by atoms with Crippen molar-refractivity contribution in [2.75, 3.05) is 19.7 Å². The highest BCUT2D eigenvalue weighted by molar-refractivity contribution is 7.09. The van der Waals surface area contributed by atoms with Crippen LogP contribution in [-0.2, 0) is 6.54 Å². The molecule has 1 aliphatic rings. The van der Waals surface area contributed by atoms with Crippen molar-refractivity contribution in [1.82, 2.24) is 14.9 Å². The second-order valence-corrected chi connectivity index (χ2v) is 7.09. The second-order valence-electron chi connectivity index (χ2n) is 6.03. The molecule has 0 aliphatic carbocycles. The number of aromatic nitrogens is 2. The molecule has 0 saturated carbocycles. The average Bonchev–Trinajstić information content (AvgIpc) is 2.93. The molecular formula is C17H23N3OS. The van der Waals surface area contributed by atoms with E-state index in [0.717, 1.165) is 42.6 Å². The highest BCUT2D eigenvalue weighted by Crippen LogP contribution is 2.22. The fraction of sp³-hybridized carbons (Fsp3) is 0.529. The van der Waals surface area contributed by atoms with Gasteiger partial charge in [0.2, 0.25) is 0 Å². The molecule has 2 aromatic rings. The lowest BCUT2D eigenvalue weighted by Crippen LogP contribution is -2.35. The van der Waals surface area contributed by atoms with Crippen LogP contribution < -0.4 is 4.74 Å². The predicted octanol–water partition coefficient (Wildman–Crippen LogP) is 3.45. The van der Waals surface area contributed by atoms with Crippen molar-refractivity contribution in [3.05, 3.63) is 40.1 Å². The molecule has 1 saturated heterocycles. The minimum absolute atomic E-state index is 0.654. The lowest BCUT2D eigenvalue weighted by Gasteiger charge is -2.31. The summed E-state index contributed by atoms with van der Waals surface area (Å²) in [7, 11) is 0. The Morgan fingerprint density at radius 2 is 2.14 bits per heavy atom. The van der Waals surface area contributed by atoms with Crippen LogP contribution in [0.3, 0.4) is 0 Å². The summed E-state index contributed by atoms with van der Waals surface area (Å²) in [5.41, 5.74) is 2.32. The van der Waals surface area contributed by atoms with E-state index in [-0.39, 0.29) is 0 Å². The number of likely N-dealkylation sites (tertiary alicyclic amines) is 1. The van der Waals surface area contributed by atoms with E-state index in [9.17, 15) is 0 Å². The molecule has 3 rings (SSSR count). The number of hydrogen-bond acceptors (Lipinski definition) is 5. The molecule has 1 fully saturated rings. The molecule has 118 valence electrons. The molecule has 4 nitrogen and oxygen atoms in total. The number of ether oxygens (including phenoxy) is 1. The van der Waals surface area contributed by atoms with Crippen LogP contribution in [0.25, 0.3) is 0 Å². The summed E-state index contributed by atoms with van der Waals surface area (Å²) in [6.07, 6.45) is 6.05. The molecule has 2 aromatic heterocycles. The lowest BCUT2D eigenvalue weighted by atomic mass is 9.98. The van der Waals surface area contributed by atoms with Gasteiger partial charge in [-0.3, -0.25) is 9.88 Å². The number of aryl methyl sites for hydroxylation is 2. The standard InChI is InChI=1S/C17H23N3OS/c1-13-9-18-6-3-17(13)21-11-15-4-7-20(8-5-15)10-16-12-22-14(2)19-16/h3,6,9,12,15H,4-5,7-8,10-11H2,1-2H3. The van der Waals surface area contributed by atoms with Crippen LogP contribution in [0, 0.1) is 19.8 Å². The number of piperidine rings is 1. The number of thiazole rings is 1. The van der Waals surface area contributed by atoms with E-state index in [4.69, 9.17) is 4.74 Å². The van der Waals surface area contributed by atoms with Gasteiger partial charge in [-0.15, -0.1) is 11.3 Å². The average molecular weight is 317 g/mol. The van der Waals surface area contributed by atoms with E-state index in [1.165, 1.54) is 18.5 Å². The van der Waals surface area contributed by atoms with E-state index in [1.807, 2.05) is 19.2 Å². The van der Waals surface area contributed by atoms with Crippen LogP contribution in [0.1, 0.15) is 29.1 Å². The van der Waals surface area contributed by atoms with Crippen molar-refractivity contribution in [3.8, 4) is 5.75 Å². The molecule has 3 heterocycles. The lowest BCUT2D eigenvalue weighted by molar-refractivity contribution is 0.135. The summed E-state index contributed by atoms with van der Waals surface area (Å²) in [5, 5.41) is 3.34. The van der Waals surface area contributed by atoms with Crippen LogP contribution in [0.15, 0.2) is 23.8 Å². The monoisotopic (exact) mass is 317 g/mol. The number of rotatable bonds is 5. The molecule has 1 aliphatic heterocycles. The fourth-order valence-electron chi connectivity index (χ4n) is 2.85. The first kappa shape index (κ1) is 15.4. The smallest absolute Gasteiger partial charge is 0.125 e. The van der Waals surface area contributed by atoms with Crippen LogP contribution in [0.5, 0.6) is 5.75 Å². The van der Waals surface area contributed by atoms with Gasteiger partial charge in [-0.2, -0.15) is 0 Å². The number of nitrogens with zero attached hydrogens (tertiary/aromatic N) is 3. The Labute approximate surface area is 136 Å². The highest BCUT2D eigenvalue weighted by Gasteiger charge is 2.20. The number of pyridine rings is 1. The first-order valence-corrected chi connectivity index (χ1v) is 8.75. The summed E-state index contributed by atoms with van der Waals surface area (Å²) in [4.78, 5) is 11.2. The van der Waals surface area contributed by atoms with E-state index >= 15 is 0 Å². The molecular weight excluding hydrogens is 294 g/mol. The van der Waals surface area contributed by atoms with Crippen LogP contribution in [0.4, 0.5) is 0 Å². The SMILES string of the molecule is Cc1nc(CN2CCC(COc3ccncc3C)CC2)cs1. The van der Waals surface area contributed by atoms with Crippen LogP contribution in [-0.4, -0.2) is 34.6 Å². The third-order valence-corrected chi connectivity index (χ3v) is 5.03. The summed E-state index contributed by atoms with van der Waals surface area (Å²) >= 11 is 1.74. The topological polar surface area (TPSA) is 38.2 Å². The van der Waals surface area contributed by atoms with E-state index in [1.54, 1.807) is 17.5 Å². The van der Waals surface area contributed by atoms with Crippen LogP contribution in [0.2, 0.25) is 0 Å². The van der Waals surface area contributed by atoms with Gasteiger partial charge in [-0.25, -0.2) is 4.98 Å². The minimum Gasteiger partial charge on any atom is -0.493 e. The summed E-state index contributed by atoms with van der Waals surface area (Å²) in [6.45, 7) is 8.19. The van der Waals surface area contributed by atoms with Gasteiger partial charge in [0.15, 0.2) is 0 Å². The molecule has 0 amide bonds. The van der Waals surface area contributed by atoms with Gasteiger partial charge in [-0.1, -0.05) is 0 Å². The molecule has 5 heteroatoms. The van der Waals surface area contributed by atoms with Crippen molar-refractivity contribution >= 4 is 11.3 Å². The first-order chi connectivity index (χ1) is 10.7. The zero-order valence-electron chi connectivity index (χ0n) is 13.3. The van der Waals surface area contributed by atoms with Gasteiger partial charge >= 0.3 is 0 Å². The Morgan fingerprint density at radius 1 is 1.32 bits per heavy atom. The molecule has 0 spiro atoms. The molecule has 0 unspecified atom stereocenters. The van der Waals surface area contributed by atoms with Crippen molar-refractivity contribution in [1.29, 1.82) is 0 Å². The first-order valence-electron chi connectivity index (χ1n) is 7.87. The third-order valence-electron chi connectivity index (χ3n) is 4.20. The Bertz CT molecular complexity index is 605. The van der Waals surface area contributed by atoms with Crippen molar-refractivity contribution < 1.29 is 4.74 Å². The zero-order chi connectivity index (χ0) is 15.4. The Kier molecular flexibility index (Phi) is 5.05. The summed E-state index contributed by atoms with van der Waals surface area (Å²) in [6, 6.07) is 1.95. The van der Waals surface area contributed by atoms with E-state index < -0.39 is 0 Å². The number of hydrogen-bond donors (Lipinski definition) is 0. The molecule has 0 atom stereocenters. The Balaban J connectivity index is 1.43. The fourth-order valence-corrected chi connectivity index (χ4v) is 3.46. The zero-order valence-corrected chi connectivity index (χ0v) is 14.1. The maximum Gasteiger partial charge on any atom is 0.125 e. The molecule has 0 aromatic carbocycles. The van der Waals surface area contributed by atoms with Gasteiger partial charge < -0.3 is 4.74 Å². The van der Waals surface area contributed by atoms with Crippen molar-refractivity contribution in [2.24, 2.45) is 5.92 Å². The molecule has 0 bridgehead atoms. The summed E-state index contributed by atoms with van der Waals surface area (Å²) < 4.78 is 5.96. The van der Waals surface area contributed by atoms with Crippen molar-refractivity contribution in [3.63, 3.8) is 0 Å². The highest BCUT2D eigenvalue weighted by atomic mass is 32.1. The maximum atomic E-state index is 5.96.